The minimum absolute atomic E-state index is 0.000654. The molecule has 3 nitrogen and oxygen atoms in total. The Morgan fingerprint density at radius 1 is 1.45 bits per heavy atom. The molecule has 0 N–H and O–H groups in total. The number of aromatic nitrogens is 1. The standard InChI is InChI=1S/C11H9F5INO2/c1-2-20-8(19)4-7-5(10(12)13)3-6(17)9(18-7)11(14,15)16/h3,10H,2,4H2,1H3. The van der Waals surface area contributed by atoms with Crippen molar-refractivity contribution in [2.75, 3.05) is 6.61 Å². The van der Waals surface area contributed by atoms with Gasteiger partial charge in [0, 0.05) is 9.13 Å². The average Bonchev–Trinajstić information content (AvgIpc) is 2.29. The molecule has 20 heavy (non-hydrogen) atoms. The summed E-state index contributed by atoms with van der Waals surface area (Å²) in [5.41, 5.74) is -2.61. The Kier molecular flexibility index (Phi) is 5.66. The van der Waals surface area contributed by atoms with E-state index in [1.165, 1.54) is 29.5 Å². The summed E-state index contributed by atoms with van der Waals surface area (Å²) in [4.78, 5) is 14.4. The molecule has 0 saturated heterocycles. The number of hydrogen-bond acceptors (Lipinski definition) is 3. The molecule has 0 aliphatic carbocycles. The summed E-state index contributed by atoms with van der Waals surface area (Å²) in [6.45, 7) is 1.49. The Bertz CT molecular complexity index is 504. The van der Waals surface area contributed by atoms with Crippen molar-refractivity contribution in [2.45, 2.75) is 25.9 Å². The van der Waals surface area contributed by atoms with E-state index in [4.69, 9.17) is 0 Å². The van der Waals surface area contributed by atoms with Crippen LogP contribution in [0.2, 0.25) is 0 Å². The molecule has 0 bridgehead atoms. The van der Waals surface area contributed by atoms with Gasteiger partial charge in [-0.1, -0.05) is 0 Å². The summed E-state index contributed by atoms with van der Waals surface area (Å²) < 4.78 is 67.7. The van der Waals surface area contributed by atoms with Crippen LogP contribution < -0.4 is 0 Å². The van der Waals surface area contributed by atoms with Crippen molar-refractivity contribution >= 4 is 28.6 Å². The van der Waals surface area contributed by atoms with Gasteiger partial charge in [-0.3, -0.25) is 4.79 Å². The van der Waals surface area contributed by atoms with Gasteiger partial charge in [-0.25, -0.2) is 13.8 Å². The lowest BCUT2D eigenvalue weighted by Gasteiger charge is -2.14. The molecule has 0 saturated carbocycles. The topological polar surface area (TPSA) is 39.2 Å². The molecule has 0 amide bonds. The van der Waals surface area contributed by atoms with Gasteiger partial charge >= 0.3 is 12.1 Å². The first-order valence-corrected chi connectivity index (χ1v) is 6.45. The number of carbonyl (C=O) groups excluding carboxylic acids is 1. The molecule has 0 unspecified atom stereocenters. The quantitative estimate of drug-likeness (QED) is 0.432. The van der Waals surface area contributed by atoms with Crippen molar-refractivity contribution in [1.82, 2.24) is 4.98 Å². The molecule has 0 aliphatic rings. The fraction of sp³-hybridized carbons (Fsp3) is 0.455. The number of ether oxygens (including phenoxy) is 1. The fourth-order valence-corrected chi connectivity index (χ4v) is 2.18. The minimum atomic E-state index is -4.78. The molecular formula is C11H9F5INO2. The number of esters is 1. The number of rotatable bonds is 4. The molecule has 9 heteroatoms. The van der Waals surface area contributed by atoms with Crippen LogP contribution in [0.1, 0.15) is 30.3 Å². The Hall–Kier alpha value is -1.00. The van der Waals surface area contributed by atoms with E-state index in [0.29, 0.717) is 6.07 Å². The van der Waals surface area contributed by atoms with Gasteiger partial charge in [-0.15, -0.1) is 0 Å². The highest BCUT2D eigenvalue weighted by atomic mass is 127. The maximum absolute atomic E-state index is 12.8. The Balaban J connectivity index is 3.27. The van der Waals surface area contributed by atoms with Gasteiger partial charge in [0.1, 0.15) is 0 Å². The van der Waals surface area contributed by atoms with Crippen LogP contribution in [0.25, 0.3) is 0 Å². The fourth-order valence-electron chi connectivity index (χ4n) is 1.42. The van der Waals surface area contributed by atoms with Gasteiger partial charge in [-0.05, 0) is 35.6 Å². The van der Waals surface area contributed by atoms with Gasteiger partial charge in [0.15, 0.2) is 5.69 Å². The van der Waals surface area contributed by atoms with Gasteiger partial charge < -0.3 is 4.74 Å². The van der Waals surface area contributed by atoms with E-state index in [2.05, 4.69) is 9.72 Å². The largest absolute Gasteiger partial charge is 0.466 e. The number of nitrogens with zero attached hydrogens (tertiary/aromatic N) is 1. The number of alkyl halides is 5. The van der Waals surface area contributed by atoms with Gasteiger partial charge in [0.25, 0.3) is 6.43 Å². The molecule has 1 aromatic heterocycles. The number of pyridine rings is 1. The second kappa shape index (κ2) is 6.64. The van der Waals surface area contributed by atoms with Gasteiger partial charge in [-0.2, -0.15) is 13.2 Å². The van der Waals surface area contributed by atoms with Crippen LogP contribution in [0.15, 0.2) is 6.07 Å². The van der Waals surface area contributed by atoms with Crippen LogP contribution in [0.5, 0.6) is 0 Å². The molecule has 0 aromatic carbocycles. The predicted octanol–water partition coefficient (Wildman–Crippen LogP) is 3.75. The Labute approximate surface area is 124 Å². The lowest BCUT2D eigenvalue weighted by atomic mass is 10.1. The first kappa shape index (κ1) is 17.1. The van der Waals surface area contributed by atoms with Crippen LogP contribution in [-0.2, 0) is 22.1 Å². The predicted molar refractivity (Wildman–Crippen MR) is 67.3 cm³/mol. The summed E-state index contributed by atoms with van der Waals surface area (Å²) >= 11 is 1.28. The van der Waals surface area contributed by atoms with Crippen molar-refractivity contribution in [2.24, 2.45) is 0 Å². The molecule has 0 spiro atoms. The summed E-state index contributed by atoms with van der Waals surface area (Å²) in [6, 6.07) is 0.690. The normalized spacial score (nSPS) is 11.8. The molecule has 0 aliphatic heterocycles. The lowest BCUT2D eigenvalue weighted by Crippen LogP contribution is -2.17. The minimum Gasteiger partial charge on any atom is -0.466 e. The molecule has 0 atom stereocenters. The van der Waals surface area contributed by atoms with E-state index >= 15 is 0 Å². The second-order valence-electron chi connectivity index (χ2n) is 3.63. The second-order valence-corrected chi connectivity index (χ2v) is 4.80. The summed E-state index contributed by atoms with van der Waals surface area (Å²) in [5, 5.41) is 0. The number of carbonyl (C=O) groups is 1. The first-order valence-electron chi connectivity index (χ1n) is 5.37. The van der Waals surface area contributed by atoms with E-state index in [1.54, 1.807) is 0 Å². The highest BCUT2D eigenvalue weighted by Crippen LogP contribution is 2.34. The van der Waals surface area contributed by atoms with Crippen LogP contribution in [-0.4, -0.2) is 17.6 Å². The summed E-state index contributed by atoms with van der Waals surface area (Å²) in [7, 11) is 0. The number of hydrogen-bond donors (Lipinski definition) is 0. The van der Waals surface area contributed by atoms with Gasteiger partial charge in [0.2, 0.25) is 0 Å². The summed E-state index contributed by atoms with van der Waals surface area (Å²) in [5.74, 6) is -0.906. The molecule has 1 heterocycles. The third-order valence-corrected chi connectivity index (χ3v) is 3.03. The van der Waals surface area contributed by atoms with E-state index < -0.39 is 45.5 Å². The van der Waals surface area contributed by atoms with E-state index in [1.807, 2.05) is 0 Å². The highest BCUT2D eigenvalue weighted by Gasteiger charge is 2.36. The van der Waals surface area contributed by atoms with Crippen LogP contribution in [0.3, 0.4) is 0 Å². The van der Waals surface area contributed by atoms with E-state index in [0.717, 1.165) is 0 Å². The third kappa shape index (κ3) is 4.25. The van der Waals surface area contributed by atoms with E-state index in [-0.39, 0.29) is 6.61 Å². The van der Waals surface area contributed by atoms with Gasteiger partial charge in [0.05, 0.1) is 18.7 Å². The SMILES string of the molecule is CCOC(=O)Cc1nc(C(F)(F)F)c(I)cc1C(F)F. The van der Waals surface area contributed by atoms with Crippen molar-refractivity contribution in [3.63, 3.8) is 0 Å². The smallest absolute Gasteiger partial charge is 0.434 e. The average molecular weight is 409 g/mol. The first-order chi connectivity index (χ1) is 9.16. The molecular weight excluding hydrogens is 400 g/mol. The van der Waals surface area contributed by atoms with Crippen molar-refractivity contribution in [1.29, 1.82) is 0 Å². The van der Waals surface area contributed by atoms with Crippen molar-refractivity contribution in [3.8, 4) is 0 Å². The molecule has 1 rings (SSSR count). The molecule has 1 aromatic rings. The number of halogens is 6. The van der Waals surface area contributed by atoms with Crippen LogP contribution in [0, 0.1) is 3.57 Å². The zero-order valence-corrected chi connectivity index (χ0v) is 12.3. The van der Waals surface area contributed by atoms with Crippen molar-refractivity contribution < 1.29 is 31.5 Å². The third-order valence-electron chi connectivity index (χ3n) is 2.21. The molecule has 0 fully saturated rings. The lowest BCUT2D eigenvalue weighted by molar-refractivity contribution is -0.144. The van der Waals surface area contributed by atoms with Crippen LogP contribution in [0.4, 0.5) is 22.0 Å². The zero-order chi connectivity index (χ0) is 15.5. The molecule has 112 valence electrons. The van der Waals surface area contributed by atoms with Crippen LogP contribution >= 0.6 is 22.6 Å². The van der Waals surface area contributed by atoms with E-state index in [9.17, 15) is 26.7 Å². The maximum Gasteiger partial charge on any atom is 0.434 e. The van der Waals surface area contributed by atoms with Crippen molar-refractivity contribution in [3.05, 3.63) is 26.6 Å². The monoisotopic (exact) mass is 409 g/mol. The Morgan fingerprint density at radius 3 is 2.50 bits per heavy atom. The molecule has 0 radical (unpaired) electrons. The Morgan fingerprint density at radius 2 is 2.05 bits per heavy atom. The highest BCUT2D eigenvalue weighted by molar-refractivity contribution is 14.1. The maximum atomic E-state index is 12.8. The zero-order valence-electron chi connectivity index (χ0n) is 10.1. The summed E-state index contributed by atoms with van der Waals surface area (Å²) in [6.07, 6.45) is -8.53.